The first-order valence-electron chi connectivity index (χ1n) is 29.7. The molecule has 6 aliphatic rings. The highest BCUT2D eigenvalue weighted by molar-refractivity contribution is 9.10. The minimum atomic E-state index is -1.61. The number of nitriles is 3. The summed E-state index contributed by atoms with van der Waals surface area (Å²) in [6, 6.07) is 61.7. The summed E-state index contributed by atoms with van der Waals surface area (Å²) >= 11 is 6.73. The molecule has 8 amide bonds. The normalized spacial score (nSPS) is 18.3. The molecule has 92 heavy (non-hydrogen) atoms. The molecule has 1 N–H and O–H groups in total. The average Bonchev–Trinajstić information content (AvgIpc) is 1.51. The van der Waals surface area contributed by atoms with Crippen LogP contribution in [0.3, 0.4) is 0 Å². The van der Waals surface area contributed by atoms with E-state index < -0.39 is 28.4 Å². The average molecular weight is 1340 g/mol. The monoisotopic (exact) mass is 1340 g/mol. The molecule has 3 saturated heterocycles. The number of aryl methyl sites for hydroxylation is 2. The van der Waals surface area contributed by atoms with Gasteiger partial charge in [0.15, 0.2) is 17.1 Å². The molecular weight excluding hydrogens is 1290 g/mol. The molecule has 3 aliphatic heterocycles. The standard InChI is InChI=1S/C27H22N4O2.C20H14N4O2.C19H14BrN3O2.C7H7Br/c1-19-5-3-6-21(17-19)27(33)26(15-4-16-26)30(23-11-7-20(18-28)8-12-23)25(32)31(27)24-13-9-22(29-2)10-14-24;1-22-15-5-9-16(10-6-15)23-18(25)20(11-2-12-20)24(19(23)26)17-7-3-14(13-21)4-8-17;20-14-4-8-15(9-5-14)22-17(24)19(10-1-11-19)23(18(22)25)16-6-2-13(12-21)3-7-16;1-6-3-2-4-7(8)5-6/h3,5-14,17,33H,4,15-16H2,1H3;3-10H,2,11-12H2;2-9H,1,10-11H2;2-5H,1H3. The number of urea groups is 3. The Morgan fingerprint density at radius 1 is 0.424 bits per heavy atom. The Labute approximate surface area is 549 Å². The molecule has 8 aromatic rings. The predicted octanol–water partition coefficient (Wildman–Crippen LogP) is 16.6. The van der Waals surface area contributed by atoms with E-state index in [-0.39, 0.29) is 23.9 Å². The van der Waals surface area contributed by atoms with E-state index in [0.717, 1.165) is 33.8 Å². The lowest BCUT2D eigenvalue weighted by Gasteiger charge is -2.52. The van der Waals surface area contributed by atoms with Gasteiger partial charge in [0.25, 0.3) is 11.8 Å². The van der Waals surface area contributed by atoms with Crippen molar-refractivity contribution in [2.75, 3.05) is 29.4 Å². The second-order valence-corrected chi connectivity index (χ2v) is 25.0. The van der Waals surface area contributed by atoms with Gasteiger partial charge in [-0.1, -0.05) is 104 Å². The first-order chi connectivity index (χ1) is 44.4. The van der Waals surface area contributed by atoms with E-state index in [1.54, 1.807) is 148 Å². The second kappa shape index (κ2) is 25.6. The Balaban J connectivity index is 0.000000134. The van der Waals surface area contributed by atoms with Crippen molar-refractivity contribution in [2.45, 2.75) is 94.0 Å². The fourth-order valence-corrected chi connectivity index (χ4v) is 13.6. The van der Waals surface area contributed by atoms with Crippen LogP contribution in [0, 0.1) is 61.0 Å². The molecule has 3 saturated carbocycles. The van der Waals surface area contributed by atoms with Gasteiger partial charge in [-0.25, -0.2) is 33.9 Å². The number of nitrogens with zero attached hydrogens (tertiary/aromatic N) is 11. The van der Waals surface area contributed by atoms with E-state index in [0.29, 0.717) is 106 Å². The van der Waals surface area contributed by atoms with Crippen LogP contribution in [-0.2, 0) is 15.3 Å². The molecule has 0 aromatic heterocycles. The van der Waals surface area contributed by atoms with Gasteiger partial charge in [-0.15, -0.1) is 0 Å². The Hall–Kier alpha value is -10.7. The summed E-state index contributed by atoms with van der Waals surface area (Å²) in [7, 11) is 0. The Kier molecular flexibility index (Phi) is 17.5. The number of amides is 8. The third-order valence-corrected chi connectivity index (χ3v) is 18.9. The minimum absolute atomic E-state index is 0.171. The van der Waals surface area contributed by atoms with E-state index in [1.807, 2.05) is 55.5 Å². The second-order valence-electron chi connectivity index (χ2n) is 23.2. The highest BCUT2D eigenvalue weighted by Gasteiger charge is 2.71. The number of hydrogen-bond acceptors (Lipinski definition) is 9. The Morgan fingerprint density at radius 2 is 0.783 bits per heavy atom. The summed E-state index contributed by atoms with van der Waals surface area (Å²) in [4.78, 5) is 82.1. The van der Waals surface area contributed by atoms with Crippen LogP contribution < -0.4 is 29.4 Å². The lowest BCUT2D eigenvalue weighted by molar-refractivity contribution is -0.124. The molecular formula is C73H57Br2N11O6. The van der Waals surface area contributed by atoms with Gasteiger partial charge in [0, 0.05) is 37.3 Å². The van der Waals surface area contributed by atoms with Crippen molar-refractivity contribution < 1.29 is 29.1 Å². The van der Waals surface area contributed by atoms with Crippen LogP contribution in [0.5, 0.6) is 0 Å². The van der Waals surface area contributed by atoms with Crippen molar-refractivity contribution in [1.82, 2.24) is 0 Å². The van der Waals surface area contributed by atoms with E-state index in [2.05, 4.69) is 78.8 Å². The van der Waals surface area contributed by atoms with E-state index in [9.17, 15) is 34.3 Å². The third-order valence-electron chi connectivity index (χ3n) is 17.9. The van der Waals surface area contributed by atoms with Crippen LogP contribution in [0.4, 0.5) is 59.9 Å². The molecule has 1 unspecified atom stereocenters. The number of imide groups is 2. The van der Waals surface area contributed by atoms with E-state index in [1.165, 1.54) is 20.3 Å². The highest BCUT2D eigenvalue weighted by atomic mass is 79.9. The molecule has 3 aliphatic carbocycles. The van der Waals surface area contributed by atoms with Crippen molar-refractivity contribution in [3.05, 3.63) is 259 Å². The van der Waals surface area contributed by atoms with Crippen molar-refractivity contribution in [3.63, 3.8) is 0 Å². The lowest BCUT2D eigenvalue weighted by atomic mass is 9.66. The van der Waals surface area contributed by atoms with Gasteiger partial charge in [0.1, 0.15) is 16.6 Å². The molecule has 14 rings (SSSR count). The van der Waals surface area contributed by atoms with Gasteiger partial charge in [0.05, 0.1) is 59.4 Å². The number of benzene rings is 8. The first-order valence-corrected chi connectivity index (χ1v) is 31.2. The smallest absolute Gasteiger partial charge is 0.336 e. The quantitative estimate of drug-likeness (QED) is 0.119. The summed E-state index contributed by atoms with van der Waals surface area (Å²) < 4.78 is 2.04. The fraction of sp³-hybridized carbons (Fsp3) is 0.205. The van der Waals surface area contributed by atoms with Crippen LogP contribution in [-0.4, -0.2) is 51.6 Å². The van der Waals surface area contributed by atoms with Crippen LogP contribution in [0.2, 0.25) is 0 Å². The van der Waals surface area contributed by atoms with Crippen LogP contribution in [0.1, 0.15) is 91.2 Å². The van der Waals surface area contributed by atoms with Crippen LogP contribution in [0.15, 0.2) is 203 Å². The van der Waals surface area contributed by atoms with Gasteiger partial charge in [0.2, 0.25) is 0 Å². The summed E-state index contributed by atoms with van der Waals surface area (Å²) in [5, 5.41) is 39.7. The summed E-state index contributed by atoms with van der Waals surface area (Å²) in [5.74, 6) is -0.399. The van der Waals surface area contributed by atoms with Gasteiger partial charge < -0.3 is 5.11 Å². The topological polar surface area (TPSA) is 205 Å². The number of anilines is 6. The fourth-order valence-electron chi connectivity index (χ4n) is 12.8. The van der Waals surface area contributed by atoms with E-state index in [4.69, 9.17) is 23.7 Å². The SMILES string of the molecule is Cc1cccc(Br)c1.N#Cc1ccc(N2C(=O)N(c3ccc(Br)cc3)C(=O)C23CCC3)cc1.[C-]#[N+]c1ccc(N2C(=O)N(c3ccc(C#N)cc3)C3(CCC3)C2(O)c2cccc(C)c2)cc1.[C-]#[N+]c1ccc(N2C(=O)N(c3ccc(C#N)cc3)C3(CCC3)C2=O)cc1. The maximum absolute atomic E-state index is 14.1. The molecule has 19 heteroatoms. The zero-order valence-electron chi connectivity index (χ0n) is 50.0. The summed E-state index contributed by atoms with van der Waals surface area (Å²) in [6.45, 7) is 18.3. The number of aliphatic hydroxyl groups is 1. The van der Waals surface area contributed by atoms with E-state index >= 15 is 0 Å². The van der Waals surface area contributed by atoms with Gasteiger partial charge in [-0.05, 0) is 205 Å². The number of rotatable bonds is 7. The largest absolute Gasteiger partial charge is 0.364 e. The molecule has 3 spiro atoms. The summed E-state index contributed by atoms with van der Waals surface area (Å²) in [6.07, 6.45) is 6.52. The zero-order chi connectivity index (χ0) is 65.1. The number of hydrogen-bond donors (Lipinski definition) is 1. The van der Waals surface area contributed by atoms with Crippen molar-refractivity contribution >= 4 is 107 Å². The number of carbonyl (C=O) groups excluding carboxylic acids is 5. The van der Waals surface area contributed by atoms with Crippen LogP contribution in [0.25, 0.3) is 9.69 Å². The predicted molar refractivity (Wildman–Crippen MR) is 358 cm³/mol. The van der Waals surface area contributed by atoms with Gasteiger partial charge in [-0.2, -0.15) is 15.8 Å². The van der Waals surface area contributed by atoms with Gasteiger partial charge >= 0.3 is 18.1 Å². The molecule has 1 atom stereocenters. The molecule has 17 nitrogen and oxygen atoms in total. The minimum Gasteiger partial charge on any atom is -0.364 e. The molecule has 0 radical (unpaired) electrons. The van der Waals surface area contributed by atoms with Gasteiger partial charge in [-0.3, -0.25) is 29.2 Å². The number of carbonyl (C=O) groups is 5. The molecule has 8 aromatic carbocycles. The number of halogens is 2. The third kappa shape index (κ3) is 11.0. The highest BCUT2D eigenvalue weighted by Crippen LogP contribution is 2.59. The van der Waals surface area contributed by atoms with Crippen molar-refractivity contribution in [2.24, 2.45) is 0 Å². The Morgan fingerprint density at radius 3 is 1.12 bits per heavy atom. The molecule has 6 fully saturated rings. The Bertz CT molecular complexity index is 4410. The van der Waals surface area contributed by atoms with Crippen molar-refractivity contribution in [3.8, 4) is 18.2 Å². The van der Waals surface area contributed by atoms with Crippen LogP contribution >= 0.6 is 31.9 Å². The maximum atomic E-state index is 14.1. The lowest BCUT2D eigenvalue weighted by Crippen LogP contribution is -2.63. The summed E-state index contributed by atoms with van der Waals surface area (Å²) in [5.41, 5.74) is 4.75. The zero-order valence-corrected chi connectivity index (χ0v) is 53.2. The molecule has 3 heterocycles. The maximum Gasteiger partial charge on any atom is 0.336 e. The van der Waals surface area contributed by atoms with Crippen molar-refractivity contribution in [1.29, 1.82) is 15.8 Å². The first kappa shape index (κ1) is 62.9. The molecule has 454 valence electrons. The molecule has 0 bridgehead atoms.